The Morgan fingerprint density at radius 3 is 2.48 bits per heavy atom. The third-order valence-corrected chi connectivity index (χ3v) is 2.72. The highest BCUT2D eigenvalue weighted by Gasteiger charge is 2.03. The van der Waals surface area contributed by atoms with Crippen LogP contribution in [0.2, 0.25) is 0 Å². The van der Waals surface area contributed by atoms with Crippen LogP contribution in [0.4, 0.5) is 11.4 Å². The maximum atomic E-state index is 11.8. The number of benzene rings is 2. The molecule has 0 spiro atoms. The first-order valence-electron chi connectivity index (χ1n) is 6.99. The van der Waals surface area contributed by atoms with Crippen molar-refractivity contribution in [2.45, 2.75) is 20.0 Å². The zero-order valence-corrected chi connectivity index (χ0v) is 12.3. The van der Waals surface area contributed by atoms with Gasteiger partial charge in [-0.1, -0.05) is 24.3 Å². The molecule has 0 heterocycles. The van der Waals surface area contributed by atoms with Crippen LogP contribution >= 0.6 is 0 Å². The van der Waals surface area contributed by atoms with E-state index in [1.807, 2.05) is 68.4 Å². The second kappa shape index (κ2) is 7.33. The smallest absolute Gasteiger partial charge is 0.243 e. The first-order chi connectivity index (χ1) is 10.1. The lowest BCUT2D eigenvalue weighted by atomic mass is 10.3. The molecule has 0 aliphatic heterocycles. The van der Waals surface area contributed by atoms with Crippen LogP contribution in [0.1, 0.15) is 13.8 Å². The number of carbonyl (C=O) groups excluding carboxylic acids is 1. The Morgan fingerprint density at radius 1 is 1.05 bits per heavy atom. The van der Waals surface area contributed by atoms with E-state index in [4.69, 9.17) is 4.74 Å². The van der Waals surface area contributed by atoms with E-state index in [1.165, 1.54) is 0 Å². The Hall–Kier alpha value is -2.49. The fourth-order valence-electron chi connectivity index (χ4n) is 1.86. The first kappa shape index (κ1) is 14.9. The fourth-order valence-corrected chi connectivity index (χ4v) is 1.86. The number of nitrogens with one attached hydrogen (secondary N) is 2. The molecule has 2 aromatic rings. The van der Waals surface area contributed by atoms with Gasteiger partial charge in [-0.25, -0.2) is 0 Å². The molecule has 0 atom stereocenters. The third kappa shape index (κ3) is 5.18. The molecule has 0 unspecified atom stereocenters. The Labute approximate surface area is 125 Å². The van der Waals surface area contributed by atoms with Gasteiger partial charge in [-0.2, -0.15) is 0 Å². The summed E-state index contributed by atoms with van der Waals surface area (Å²) in [4.78, 5) is 11.8. The SMILES string of the molecule is CC(C)Oc1cccc(NCC(=O)Nc2ccccc2)c1. The predicted molar refractivity (Wildman–Crippen MR) is 85.8 cm³/mol. The number of amides is 1. The third-order valence-electron chi connectivity index (χ3n) is 2.72. The van der Waals surface area contributed by atoms with Crippen molar-refractivity contribution in [1.82, 2.24) is 0 Å². The van der Waals surface area contributed by atoms with E-state index in [0.29, 0.717) is 0 Å². The van der Waals surface area contributed by atoms with Crippen molar-refractivity contribution in [2.75, 3.05) is 17.2 Å². The summed E-state index contributed by atoms with van der Waals surface area (Å²) >= 11 is 0. The van der Waals surface area contributed by atoms with E-state index in [2.05, 4.69) is 10.6 Å². The highest BCUT2D eigenvalue weighted by Crippen LogP contribution is 2.18. The topological polar surface area (TPSA) is 50.4 Å². The van der Waals surface area contributed by atoms with Gasteiger partial charge in [-0.3, -0.25) is 4.79 Å². The monoisotopic (exact) mass is 284 g/mol. The molecule has 0 radical (unpaired) electrons. The zero-order chi connectivity index (χ0) is 15.1. The fraction of sp³-hybridized carbons (Fsp3) is 0.235. The maximum absolute atomic E-state index is 11.8. The molecule has 0 fully saturated rings. The molecule has 0 bridgehead atoms. The lowest BCUT2D eigenvalue weighted by molar-refractivity contribution is -0.114. The van der Waals surface area contributed by atoms with Crippen molar-refractivity contribution in [3.63, 3.8) is 0 Å². The van der Waals surface area contributed by atoms with Gasteiger partial charge in [0.05, 0.1) is 12.6 Å². The highest BCUT2D eigenvalue weighted by molar-refractivity contribution is 5.93. The van der Waals surface area contributed by atoms with E-state index in [9.17, 15) is 4.79 Å². The lowest BCUT2D eigenvalue weighted by Gasteiger charge is -2.12. The van der Waals surface area contributed by atoms with Crippen LogP contribution in [0.3, 0.4) is 0 Å². The average Bonchev–Trinajstić information content (AvgIpc) is 2.46. The van der Waals surface area contributed by atoms with Crippen LogP contribution in [-0.4, -0.2) is 18.6 Å². The van der Waals surface area contributed by atoms with Crippen molar-refractivity contribution >= 4 is 17.3 Å². The molecule has 1 amide bonds. The molecule has 2 rings (SSSR count). The van der Waals surface area contributed by atoms with E-state index in [-0.39, 0.29) is 18.6 Å². The van der Waals surface area contributed by atoms with Crippen LogP contribution < -0.4 is 15.4 Å². The summed E-state index contributed by atoms with van der Waals surface area (Å²) in [6.45, 7) is 4.17. The van der Waals surface area contributed by atoms with Gasteiger partial charge in [-0.05, 0) is 38.1 Å². The Morgan fingerprint density at radius 2 is 1.76 bits per heavy atom. The summed E-state index contributed by atoms with van der Waals surface area (Å²) in [5.41, 5.74) is 1.65. The average molecular weight is 284 g/mol. The maximum Gasteiger partial charge on any atom is 0.243 e. The first-order valence-corrected chi connectivity index (χ1v) is 6.99. The van der Waals surface area contributed by atoms with Gasteiger partial charge in [-0.15, -0.1) is 0 Å². The number of rotatable bonds is 6. The summed E-state index contributed by atoms with van der Waals surface area (Å²) in [5, 5.41) is 5.91. The van der Waals surface area contributed by atoms with Gasteiger partial charge in [0.15, 0.2) is 0 Å². The van der Waals surface area contributed by atoms with Gasteiger partial charge < -0.3 is 15.4 Å². The highest BCUT2D eigenvalue weighted by atomic mass is 16.5. The minimum absolute atomic E-state index is 0.0867. The van der Waals surface area contributed by atoms with Crippen LogP contribution in [-0.2, 0) is 4.79 Å². The van der Waals surface area contributed by atoms with Gasteiger partial charge in [0, 0.05) is 17.4 Å². The molecule has 4 nitrogen and oxygen atoms in total. The minimum Gasteiger partial charge on any atom is -0.491 e. The molecule has 2 aromatic carbocycles. The van der Waals surface area contributed by atoms with E-state index in [0.717, 1.165) is 17.1 Å². The standard InChI is InChI=1S/C17H20N2O2/c1-13(2)21-16-10-6-9-15(11-16)18-12-17(20)19-14-7-4-3-5-8-14/h3-11,13,18H,12H2,1-2H3,(H,19,20). The molecular formula is C17H20N2O2. The molecular weight excluding hydrogens is 264 g/mol. The Balaban J connectivity index is 1.86. The molecule has 4 heteroatoms. The van der Waals surface area contributed by atoms with Crippen molar-refractivity contribution in [3.8, 4) is 5.75 Å². The second-order valence-corrected chi connectivity index (χ2v) is 4.96. The summed E-state index contributed by atoms with van der Waals surface area (Å²) in [5.74, 6) is 0.704. The summed E-state index contributed by atoms with van der Waals surface area (Å²) in [7, 11) is 0. The normalized spacial score (nSPS) is 10.2. The van der Waals surface area contributed by atoms with Gasteiger partial charge in [0.2, 0.25) is 5.91 Å². The van der Waals surface area contributed by atoms with Gasteiger partial charge in [0.25, 0.3) is 0 Å². The summed E-state index contributed by atoms with van der Waals surface area (Å²) < 4.78 is 5.62. The van der Waals surface area contributed by atoms with Crippen molar-refractivity contribution < 1.29 is 9.53 Å². The number of para-hydroxylation sites is 1. The quantitative estimate of drug-likeness (QED) is 0.853. The Kier molecular flexibility index (Phi) is 5.21. The number of hydrogen-bond donors (Lipinski definition) is 2. The van der Waals surface area contributed by atoms with Crippen LogP contribution in [0.25, 0.3) is 0 Å². The number of anilines is 2. The summed E-state index contributed by atoms with van der Waals surface area (Å²) in [6.07, 6.45) is 0.127. The predicted octanol–water partition coefficient (Wildman–Crippen LogP) is 3.52. The second-order valence-electron chi connectivity index (χ2n) is 4.96. The zero-order valence-electron chi connectivity index (χ0n) is 12.3. The number of ether oxygens (including phenoxy) is 1. The van der Waals surface area contributed by atoms with E-state index < -0.39 is 0 Å². The van der Waals surface area contributed by atoms with Gasteiger partial charge in [0.1, 0.15) is 5.75 Å². The van der Waals surface area contributed by atoms with Crippen molar-refractivity contribution in [3.05, 3.63) is 54.6 Å². The van der Waals surface area contributed by atoms with Crippen LogP contribution in [0, 0.1) is 0 Å². The lowest BCUT2D eigenvalue weighted by Crippen LogP contribution is -2.21. The molecule has 2 N–H and O–H groups in total. The van der Waals surface area contributed by atoms with E-state index >= 15 is 0 Å². The number of hydrogen-bond acceptors (Lipinski definition) is 3. The molecule has 0 saturated carbocycles. The molecule has 110 valence electrons. The Bertz CT molecular complexity index is 582. The minimum atomic E-state index is -0.0867. The van der Waals surface area contributed by atoms with Crippen LogP contribution in [0.15, 0.2) is 54.6 Å². The molecule has 21 heavy (non-hydrogen) atoms. The van der Waals surface area contributed by atoms with Gasteiger partial charge >= 0.3 is 0 Å². The summed E-state index contributed by atoms with van der Waals surface area (Å²) in [6, 6.07) is 17.0. The van der Waals surface area contributed by atoms with Crippen molar-refractivity contribution in [2.24, 2.45) is 0 Å². The van der Waals surface area contributed by atoms with E-state index in [1.54, 1.807) is 0 Å². The molecule has 0 saturated heterocycles. The van der Waals surface area contributed by atoms with Crippen LogP contribution in [0.5, 0.6) is 5.75 Å². The molecule has 0 aliphatic carbocycles. The molecule has 0 aromatic heterocycles. The molecule has 0 aliphatic rings. The van der Waals surface area contributed by atoms with Crippen molar-refractivity contribution in [1.29, 1.82) is 0 Å². The largest absolute Gasteiger partial charge is 0.491 e. The number of carbonyl (C=O) groups is 1.